The van der Waals surface area contributed by atoms with Gasteiger partial charge in [-0.05, 0) is 31.0 Å². The van der Waals surface area contributed by atoms with Crippen LogP contribution in [0.15, 0.2) is 23.1 Å². The van der Waals surface area contributed by atoms with Gasteiger partial charge in [-0.25, -0.2) is 17.5 Å². The van der Waals surface area contributed by atoms with Crippen LogP contribution in [0.1, 0.15) is 32.1 Å². The molecule has 1 aliphatic carbocycles. The molecule has 1 aliphatic heterocycles. The predicted octanol–water partition coefficient (Wildman–Crippen LogP) is 1.38. The number of benzene rings is 1. The fraction of sp³-hybridized carbons (Fsp3) is 0.647. The molecule has 8 heteroatoms. The molecular formula is C17H25ClFN2O3S+. The van der Waals surface area contributed by atoms with Gasteiger partial charge in [0.25, 0.3) is 0 Å². The Bertz CT molecular complexity index is 702. The average Bonchev–Trinajstić information content (AvgIpc) is 2.61. The third kappa shape index (κ3) is 4.34. The van der Waals surface area contributed by atoms with Crippen molar-refractivity contribution in [2.24, 2.45) is 0 Å². The Morgan fingerprint density at radius 3 is 2.52 bits per heavy atom. The second-order valence-corrected chi connectivity index (χ2v) is 9.13. The van der Waals surface area contributed by atoms with Gasteiger partial charge in [-0.3, -0.25) is 0 Å². The molecule has 0 unspecified atom stereocenters. The molecule has 0 amide bonds. The first-order chi connectivity index (χ1) is 11.9. The van der Waals surface area contributed by atoms with E-state index >= 15 is 0 Å². The van der Waals surface area contributed by atoms with Gasteiger partial charge in [0, 0.05) is 17.9 Å². The summed E-state index contributed by atoms with van der Waals surface area (Å²) in [6.45, 7) is 3.51. The predicted molar refractivity (Wildman–Crippen MR) is 93.9 cm³/mol. The van der Waals surface area contributed by atoms with Crippen LogP contribution in [-0.4, -0.2) is 46.8 Å². The van der Waals surface area contributed by atoms with Gasteiger partial charge < -0.3 is 9.64 Å². The Hall–Kier alpha value is -0.730. The number of quaternary nitrogens is 1. The van der Waals surface area contributed by atoms with Gasteiger partial charge in [0.15, 0.2) is 0 Å². The molecule has 5 nitrogen and oxygen atoms in total. The van der Waals surface area contributed by atoms with Gasteiger partial charge in [0.2, 0.25) is 10.0 Å². The van der Waals surface area contributed by atoms with Gasteiger partial charge in [-0.1, -0.05) is 18.0 Å². The van der Waals surface area contributed by atoms with E-state index in [1.54, 1.807) is 0 Å². The first-order valence-corrected chi connectivity index (χ1v) is 10.7. The molecule has 2 aliphatic rings. The molecule has 140 valence electrons. The molecule has 0 bridgehead atoms. The summed E-state index contributed by atoms with van der Waals surface area (Å²) in [5.41, 5.74) is -0.127. The lowest BCUT2D eigenvalue weighted by atomic mass is 9.80. The van der Waals surface area contributed by atoms with Crippen molar-refractivity contribution in [3.05, 3.63) is 29.0 Å². The highest BCUT2D eigenvalue weighted by atomic mass is 35.5. The van der Waals surface area contributed by atoms with E-state index in [2.05, 4.69) is 4.72 Å². The van der Waals surface area contributed by atoms with Crippen molar-refractivity contribution in [3.63, 3.8) is 0 Å². The van der Waals surface area contributed by atoms with E-state index in [-0.39, 0.29) is 15.5 Å². The fourth-order valence-electron chi connectivity index (χ4n) is 4.04. The molecule has 0 spiro atoms. The van der Waals surface area contributed by atoms with E-state index in [1.807, 2.05) is 0 Å². The molecule has 1 aromatic rings. The van der Waals surface area contributed by atoms with Crippen molar-refractivity contribution in [1.82, 2.24) is 4.72 Å². The largest absolute Gasteiger partial charge is 0.370 e. The lowest BCUT2D eigenvalue weighted by Crippen LogP contribution is -3.23. The lowest BCUT2D eigenvalue weighted by Gasteiger charge is -2.44. The summed E-state index contributed by atoms with van der Waals surface area (Å²) in [4.78, 5) is 1.05. The zero-order chi connectivity index (χ0) is 17.9. The van der Waals surface area contributed by atoms with E-state index < -0.39 is 15.8 Å². The molecule has 3 rings (SSSR count). The fourth-order valence-corrected chi connectivity index (χ4v) is 5.38. The normalized spacial score (nSPS) is 22.0. The molecule has 0 atom stereocenters. The van der Waals surface area contributed by atoms with Crippen molar-refractivity contribution in [3.8, 4) is 0 Å². The van der Waals surface area contributed by atoms with Crippen LogP contribution in [-0.2, 0) is 14.8 Å². The van der Waals surface area contributed by atoms with Crippen LogP contribution in [0.5, 0.6) is 0 Å². The van der Waals surface area contributed by atoms with Crippen LogP contribution in [0.25, 0.3) is 0 Å². The van der Waals surface area contributed by atoms with E-state index in [9.17, 15) is 12.8 Å². The van der Waals surface area contributed by atoms with E-state index in [0.29, 0.717) is 19.8 Å². The van der Waals surface area contributed by atoms with E-state index in [0.717, 1.165) is 44.8 Å². The maximum atomic E-state index is 14.0. The molecule has 1 aromatic carbocycles. The zero-order valence-electron chi connectivity index (χ0n) is 14.2. The summed E-state index contributed by atoms with van der Waals surface area (Å²) in [6, 6.07) is 3.64. The van der Waals surface area contributed by atoms with Gasteiger partial charge in [-0.15, -0.1) is 0 Å². The monoisotopic (exact) mass is 391 g/mol. The quantitative estimate of drug-likeness (QED) is 0.797. The van der Waals surface area contributed by atoms with Crippen molar-refractivity contribution in [1.29, 1.82) is 0 Å². The number of nitrogens with one attached hydrogen (secondary N) is 2. The summed E-state index contributed by atoms with van der Waals surface area (Å²) in [6.07, 6.45) is 5.34. The standard InChI is InChI=1S/C17H24ClFN2O3S/c18-14-4-5-16(15(19)12-14)25(22,23)20-13-17(6-2-1-3-7-17)21-8-10-24-11-9-21/h4-5,12,20H,1-3,6-11,13H2/p+1. The van der Waals surface area contributed by atoms with Gasteiger partial charge in [0.05, 0.1) is 19.8 Å². The third-order valence-electron chi connectivity index (χ3n) is 5.44. The van der Waals surface area contributed by atoms with Crippen LogP contribution >= 0.6 is 11.6 Å². The number of sulfonamides is 1. The van der Waals surface area contributed by atoms with Gasteiger partial charge in [0.1, 0.15) is 29.3 Å². The van der Waals surface area contributed by atoms with Gasteiger partial charge in [-0.2, -0.15) is 0 Å². The minimum atomic E-state index is -3.91. The van der Waals surface area contributed by atoms with Crippen LogP contribution in [0.3, 0.4) is 0 Å². The molecular weight excluding hydrogens is 367 g/mol. The molecule has 2 N–H and O–H groups in total. The molecule has 1 heterocycles. The van der Waals surface area contributed by atoms with Crippen LogP contribution < -0.4 is 9.62 Å². The Kier molecular flexibility index (Phi) is 6.00. The smallest absolute Gasteiger partial charge is 0.243 e. The topological polar surface area (TPSA) is 59.8 Å². The molecule has 25 heavy (non-hydrogen) atoms. The van der Waals surface area contributed by atoms with Crippen LogP contribution in [0, 0.1) is 5.82 Å². The van der Waals surface area contributed by atoms with Crippen molar-refractivity contribution in [2.45, 2.75) is 42.5 Å². The minimum absolute atomic E-state index is 0.127. The number of morpholine rings is 1. The average molecular weight is 392 g/mol. The second kappa shape index (κ2) is 7.88. The number of hydrogen-bond donors (Lipinski definition) is 2. The molecule has 0 radical (unpaired) electrons. The van der Waals surface area contributed by atoms with Crippen molar-refractivity contribution >= 4 is 21.6 Å². The number of ether oxygens (including phenoxy) is 1. The Morgan fingerprint density at radius 2 is 1.88 bits per heavy atom. The first kappa shape index (κ1) is 19.0. The summed E-state index contributed by atoms with van der Waals surface area (Å²) >= 11 is 5.72. The number of rotatable bonds is 5. The first-order valence-electron chi connectivity index (χ1n) is 8.81. The Morgan fingerprint density at radius 1 is 1.20 bits per heavy atom. The van der Waals surface area contributed by atoms with Gasteiger partial charge >= 0.3 is 0 Å². The Labute approximate surface area is 153 Å². The Balaban J connectivity index is 1.78. The highest BCUT2D eigenvalue weighted by Gasteiger charge is 2.43. The van der Waals surface area contributed by atoms with Crippen LogP contribution in [0.2, 0.25) is 5.02 Å². The molecule has 1 saturated heterocycles. The molecule has 2 fully saturated rings. The van der Waals surface area contributed by atoms with E-state index in [1.165, 1.54) is 23.5 Å². The summed E-state index contributed by atoms with van der Waals surface area (Å²) in [5.74, 6) is -0.823. The summed E-state index contributed by atoms with van der Waals surface area (Å²) in [7, 11) is -3.91. The zero-order valence-corrected chi connectivity index (χ0v) is 15.8. The maximum Gasteiger partial charge on any atom is 0.243 e. The SMILES string of the molecule is O=S(=O)(NCC1([NH+]2CCOCC2)CCCCC1)c1ccc(Cl)cc1F. The number of hydrogen-bond acceptors (Lipinski definition) is 3. The van der Waals surface area contributed by atoms with Crippen molar-refractivity contribution < 1.29 is 22.4 Å². The third-order valence-corrected chi connectivity index (χ3v) is 7.11. The highest BCUT2D eigenvalue weighted by Crippen LogP contribution is 2.26. The number of halogens is 2. The lowest BCUT2D eigenvalue weighted by molar-refractivity contribution is -0.960. The molecule has 0 aromatic heterocycles. The van der Waals surface area contributed by atoms with Crippen LogP contribution in [0.4, 0.5) is 4.39 Å². The highest BCUT2D eigenvalue weighted by molar-refractivity contribution is 7.89. The second-order valence-electron chi connectivity index (χ2n) is 6.96. The summed E-state index contributed by atoms with van der Waals surface area (Å²) < 4.78 is 47.4. The maximum absolute atomic E-state index is 14.0. The van der Waals surface area contributed by atoms with Crippen molar-refractivity contribution in [2.75, 3.05) is 32.8 Å². The molecule has 1 saturated carbocycles. The minimum Gasteiger partial charge on any atom is -0.370 e. The summed E-state index contributed by atoms with van der Waals surface area (Å²) in [5, 5.41) is 0.179. The van der Waals surface area contributed by atoms with E-state index in [4.69, 9.17) is 16.3 Å².